The Kier molecular flexibility index (Phi) is 2.98. The first-order chi connectivity index (χ1) is 8.74. The maximum absolute atomic E-state index is 6.14. The summed E-state index contributed by atoms with van der Waals surface area (Å²) in [4.78, 5) is 7.76. The smallest absolute Gasteiger partial charge is 0.111 e. The molecule has 0 bridgehead atoms. The molecule has 2 aromatic carbocycles. The van der Waals surface area contributed by atoms with Gasteiger partial charge in [-0.1, -0.05) is 47.5 Å². The van der Waals surface area contributed by atoms with Crippen LogP contribution in [0.15, 0.2) is 42.5 Å². The highest BCUT2D eigenvalue weighted by atomic mass is 35.5. The van der Waals surface area contributed by atoms with Gasteiger partial charge in [0.1, 0.15) is 11.3 Å². The average molecular weight is 277 g/mol. The molecule has 3 rings (SSSR count). The second kappa shape index (κ2) is 4.63. The highest BCUT2D eigenvalue weighted by molar-refractivity contribution is 6.34. The molecule has 0 saturated carbocycles. The molecule has 0 aliphatic heterocycles. The Balaban J connectivity index is 2.01. The van der Waals surface area contributed by atoms with Crippen LogP contribution in [0.25, 0.3) is 11.0 Å². The predicted octanol–water partition coefficient (Wildman–Crippen LogP) is 4.46. The third kappa shape index (κ3) is 2.09. The van der Waals surface area contributed by atoms with Crippen LogP contribution in [0.1, 0.15) is 11.4 Å². The largest absolute Gasteiger partial charge is 0.342 e. The van der Waals surface area contributed by atoms with Gasteiger partial charge < -0.3 is 4.98 Å². The van der Waals surface area contributed by atoms with E-state index >= 15 is 0 Å². The molecule has 0 atom stereocenters. The van der Waals surface area contributed by atoms with Crippen molar-refractivity contribution in [1.82, 2.24) is 9.97 Å². The van der Waals surface area contributed by atoms with E-state index in [0.717, 1.165) is 27.4 Å². The van der Waals surface area contributed by atoms with Gasteiger partial charge in [0, 0.05) is 11.4 Å². The van der Waals surface area contributed by atoms with Crippen molar-refractivity contribution in [3.63, 3.8) is 0 Å². The molecular formula is C14H10Cl2N2. The van der Waals surface area contributed by atoms with Crippen LogP contribution in [0.4, 0.5) is 0 Å². The molecule has 0 aliphatic rings. The molecule has 2 nitrogen and oxygen atoms in total. The van der Waals surface area contributed by atoms with E-state index in [-0.39, 0.29) is 0 Å². The summed E-state index contributed by atoms with van der Waals surface area (Å²) in [7, 11) is 0. The maximum Gasteiger partial charge on any atom is 0.111 e. The van der Waals surface area contributed by atoms with Crippen molar-refractivity contribution < 1.29 is 0 Å². The minimum absolute atomic E-state index is 0.661. The summed E-state index contributed by atoms with van der Waals surface area (Å²) in [5.41, 5.74) is 2.81. The first-order valence-corrected chi connectivity index (χ1v) is 6.36. The summed E-state index contributed by atoms with van der Waals surface area (Å²) in [5.74, 6) is 0.867. The molecule has 3 aromatic rings. The molecule has 0 unspecified atom stereocenters. The number of hydrogen-bond donors (Lipinski definition) is 1. The molecule has 0 fully saturated rings. The van der Waals surface area contributed by atoms with Crippen molar-refractivity contribution in [3.8, 4) is 0 Å². The summed E-state index contributed by atoms with van der Waals surface area (Å²) in [6, 6.07) is 13.5. The van der Waals surface area contributed by atoms with Gasteiger partial charge in [0.15, 0.2) is 0 Å². The van der Waals surface area contributed by atoms with Crippen LogP contribution in [-0.4, -0.2) is 9.97 Å². The van der Waals surface area contributed by atoms with Crippen molar-refractivity contribution in [2.75, 3.05) is 0 Å². The number of H-pyrrole nitrogens is 1. The normalized spacial score (nSPS) is 11.0. The van der Waals surface area contributed by atoms with E-state index in [1.54, 1.807) is 0 Å². The van der Waals surface area contributed by atoms with Gasteiger partial charge in [-0.15, -0.1) is 0 Å². The summed E-state index contributed by atoms with van der Waals surface area (Å²) >= 11 is 12.2. The van der Waals surface area contributed by atoms with Crippen LogP contribution in [0.5, 0.6) is 0 Å². The van der Waals surface area contributed by atoms with E-state index < -0.39 is 0 Å². The van der Waals surface area contributed by atoms with Crippen LogP contribution in [-0.2, 0) is 6.42 Å². The number of aromatic nitrogens is 2. The molecule has 0 radical (unpaired) electrons. The number of halogens is 2. The van der Waals surface area contributed by atoms with Gasteiger partial charge in [-0.3, -0.25) is 0 Å². The second-order valence-corrected chi connectivity index (χ2v) is 4.90. The highest BCUT2D eigenvalue weighted by Gasteiger charge is 2.07. The Morgan fingerprint density at radius 2 is 1.72 bits per heavy atom. The fraction of sp³-hybridized carbons (Fsp3) is 0.0714. The van der Waals surface area contributed by atoms with Crippen molar-refractivity contribution in [1.29, 1.82) is 0 Å². The van der Waals surface area contributed by atoms with Crippen LogP contribution in [0.2, 0.25) is 10.0 Å². The Hall–Kier alpha value is -1.51. The molecule has 1 heterocycles. The van der Waals surface area contributed by atoms with E-state index in [0.29, 0.717) is 11.4 Å². The Morgan fingerprint density at radius 1 is 0.944 bits per heavy atom. The molecule has 1 N–H and O–H groups in total. The lowest BCUT2D eigenvalue weighted by Gasteiger charge is -2.00. The minimum atomic E-state index is 0.661. The van der Waals surface area contributed by atoms with Crippen molar-refractivity contribution in [3.05, 3.63) is 63.9 Å². The quantitative estimate of drug-likeness (QED) is 0.736. The number of imidazole rings is 1. The summed E-state index contributed by atoms with van der Waals surface area (Å²) < 4.78 is 0. The van der Waals surface area contributed by atoms with Crippen molar-refractivity contribution >= 4 is 34.2 Å². The molecule has 1 aromatic heterocycles. The highest BCUT2D eigenvalue weighted by Crippen LogP contribution is 2.23. The number of aromatic amines is 1. The number of nitrogens with one attached hydrogen (secondary N) is 1. The number of hydrogen-bond acceptors (Lipinski definition) is 1. The molecule has 4 heteroatoms. The zero-order valence-corrected chi connectivity index (χ0v) is 11.0. The Labute approximate surface area is 115 Å². The fourth-order valence-electron chi connectivity index (χ4n) is 1.95. The van der Waals surface area contributed by atoms with Gasteiger partial charge in [-0.25, -0.2) is 4.98 Å². The summed E-state index contributed by atoms with van der Waals surface area (Å²) in [5, 5.41) is 1.42. The number of fused-ring (bicyclic) bond motifs is 1. The van der Waals surface area contributed by atoms with Crippen LogP contribution < -0.4 is 0 Å². The van der Waals surface area contributed by atoms with Gasteiger partial charge in [0.25, 0.3) is 0 Å². The molecular weight excluding hydrogens is 267 g/mol. The lowest BCUT2D eigenvalue weighted by atomic mass is 10.1. The zero-order valence-electron chi connectivity index (χ0n) is 9.45. The molecule has 0 aliphatic carbocycles. The zero-order chi connectivity index (χ0) is 12.5. The molecule has 0 spiro atoms. The van der Waals surface area contributed by atoms with E-state index in [1.807, 2.05) is 42.5 Å². The first kappa shape index (κ1) is 11.6. The topological polar surface area (TPSA) is 28.7 Å². The van der Waals surface area contributed by atoms with Gasteiger partial charge in [0.2, 0.25) is 0 Å². The summed E-state index contributed by atoms with van der Waals surface area (Å²) in [6.45, 7) is 0. The van der Waals surface area contributed by atoms with E-state index in [2.05, 4.69) is 9.97 Å². The SMILES string of the molecule is Clc1ccccc1Cc1nc2c(Cl)cccc2[nH]1. The Bertz CT molecular complexity index is 704. The fourth-order valence-corrected chi connectivity index (χ4v) is 2.37. The first-order valence-electron chi connectivity index (χ1n) is 5.60. The molecule has 18 heavy (non-hydrogen) atoms. The molecule has 0 amide bonds. The minimum Gasteiger partial charge on any atom is -0.342 e. The van der Waals surface area contributed by atoms with E-state index in [9.17, 15) is 0 Å². The second-order valence-electron chi connectivity index (χ2n) is 4.09. The van der Waals surface area contributed by atoms with Crippen LogP contribution in [0.3, 0.4) is 0 Å². The number of para-hydroxylation sites is 1. The lowest BCUT2D eigenvalue weighted by molar-refractivity contribution is 1.04. The third-order valence-corrected chi connectivity index (χ3v) is 3.50. The number of rotatable bonds is 2. The standard InChI is InChI=1S/C14H10Cl2N2/c15-10-5-2-1-4-9(10)8-13-17-12-7-3-6-11(16)14(12)18-13/h1-7H,8H2,(H,17,18). The third-order valence-electron chi connectivity index (χ3n) is 2.83. The van der Waals surface area contributed by atoms with Gasteiger partial charge in [0.05, 0.1) is 10.5 Å². The van der Waals surface area contributed by atoms with Crippen molar-refractivity contribution in [2.45, 2.75) is 6.42 Å². The molecule has 90 valence electrons. The van der Waals surface area contributed by atoms with Crippen molar-refractivity contribution in [2.24, 2.45) is 0 Å². The number of benzene rings is 2. The van der Waals surface area contributed by atoms with Crippen LogP contribution >= 0.6 is 23.2 Å². The van der Waals surface area contributed by atoms with Gasteiger partial charge in [-0.2, -0.15) is 0 Å². The monoisotopic (exact) mass is 276 g/mol. The van der Waals surface area contributed by atoms with Crippen LogP contribution in [0, 0.1) is 0 Å². The van der Waals surface area contributed by atoms with E-state index in [4.69, 9.17) is 23.2 Å². The van der Waals surface area contributed by atoms with Gasteiger partial charge >= 0.3 is 0 Å². The predicted molar refractivity (Wildman–Crippen MR) is 75.4 cm³/mol. The summed E-state index contributed by atoms with van der Waals surface area (Å²) in [6.07, 6.45) is 0.671. The number of nitrogens with zero attached hydrogens (tertiary/aromatic N) is 1. The van der Waals surface area contributed by atoms with E-state index in [1.165, 1.54) is 0 Å². The average Bonchev–Trinajstić information content (AvgIpc) is 2.76. The maximum atomic E-state index is 6.14. The lowest BCUT2D eigenvalue weighted by Crippen LogP contribution is -1.91. The molecule has 0 saturated heterocycles. The van der Waals surface area contributed by atoms with Gasteiger partial charge in [-0.05, 0) is 23.8 Å². The Morgan fingerprint density at radius 3 is 2.50 bits per heavy atom.